The van der Waals surface area contributed by atoms with Crippen LogP contribution in [-0.2, 0) is 37.3 Å². The number of nitrogens with one attached hydrogen (secondary N) is 1. The maximum atomic E-state index is 13.1. The average molecular weight is 443 g/mol. The van der Waals surface area contributed by atoms with Gasteiger partial charge in [-0.2, -0.15) is 8.42 Å². The molecule has 2 heterocycles. The molecule has 3 atom stereocenters. The fourth-order valence-corrected chi connectivity index (χ4v) is 5.23. The van der Waals surface area contributed by atoms with Crippen LogP contribution in [0, 0.1) is 5.92 Å². The number of methoxy groups -OCH3 is 1. The Hall–Kier alpha value is -2.68. The van der Waals surface area contributed by atoms with Gasteiger partial charge in [0, 0.05) is 23.6 Å². The third-order valence-electron chi connectivity index (χ3n) is 5.86. The Balaban J connectivity index is 1.90. The van der Waals surface area contributed by atoms with Crippen molar-refractivity contribution in [1.29, 1.82) is 0 Å². The largest absolute Gasteiger partial charge is 0.469 e. The molecule has 3 aromatic rings. The molecule has 164 valence electrons. The van der Waals surface area contributed by atoms with Gasteiger partial charge in [0.1, 0.15) is 12.0 Å². The lowest BCUT2D eigenvalue weighted by molar-refractivity contribution is -0.150. The first-order valence-corrected chi connectivity index (χ1v) is 11.9. The monoisotopic (exact) mass is 442 g/mol. The van der Waals surface area contributed by atoms with Crippen molar-refractivity contribution in [2.24, 2.45) is 13.0 Å². The number of hydrogen-bond donors (Lipinski definition) is 1. The number of hydrogen-bond acceptors (Lipinski definition) is 6. The smallest absolute Gasteiger partial charge is 0.313 e. The Morgan fingerprint density at radius 2 is 1.81 bits per heavy atom. The number of ether oxygens (including phenoxy) is 1. The minimum Gasteiger partial charge on any atom is -0.469 e. The molecule has 0 amide bonds. The molecule has 8 heteroatoms. The molecule has 0 bridgehead atoms. The van der Waals surface area contributed by atoms with Crippen molar-refractivity contribution in [2.45, 2.75) is 18.6 Å². The van der Waals surface area contributed by atoms with E-state index in [4.69, 9.17) is 8.92 Å². The van der Waals surface area contributed by atoms with Gasteiger partial charge in [0.2, 0.25) is 0 Å². The highest BCUT2D eigenvalue weighted by Crippen LogP contribution is 2.42. The molecule has 7 nitrogen and oxygen atoms in total. The molecule has 1 N–H and O–H groups in total. The summed E-state index contributed by atoms with van der Waals surface area (Å²) in [6.45, 7) is 0.652. The summed E-state index contributed by atoms with van der Waals surface area (Å²) in [7, 11) is -0.580. The normalized spacial score (nSPS) is 18.4. The number of carbonyl (C=O) groups excluding carboxylic acids is 1. The molecule has 1 aromatic heterocycles. The lowest BCUT2D eigenvalue weighted by Crippen LogP contribution is -2.43. The lowest BCUT2D eigenvalue weighted by atomic mass is 9.84. The highest BCUT2D eigenvalue weighted by atomic mass is 32.2. The average Bonchev–Trinajstić information content (AvgIpc) is 3.06. The molecule has 4 rings (SSSR count). The quantitative estimate of drug-likeness (QED) is 0.467. The number of para-hydroxylation sites is 1. The van der Waals surface area contributed by atoms with Crippen LogP contribution in [0.4, 0.5) is 0 Å². The Morgan fingerprint density at radius 3 is 2.48 bits per heavy atom. The Kier molecular flexibility index (Phi) is 5.88. The lowest BCUT2D eigenvalue weighted by Gasteiger charge is -2.35. The summed E-state index contributed by atoms with van der Waals surface area (Å²) in [6, 6.07) is 16.5. The number of nitrogens with zero attached hydrogens (tertiary/aromatic N) is 1. The van der Waals surface area contributed by atoms with Gasteiger partial charge in [-0.25, -0.2) is 0 Å². The van der Waals surface area contributed by atoms with Gasteiger partial charge >= 0.3 is 5.97 Å². The molecule has 1 aliphatic rings. The van der Waals surface area contributed by atoms with Crippen molar-refractivity contribution in [3.05, 3.63) is 71.4 Å². The Labute approximate surface area is 182 Å². The molecule has 0 saturated carbocycles. The van der Waals surface area contributed by atoms with Crippen molar-refractivity contribution < 1.29 is 22.1 Å². The second-order valence-electron chi connectivity index (χ2n) is 7.80. The Morgan fingerprint density at radius 1 is 1.13 bits per heavy atom. The van der Waals surface area contributed by atoms with E-state index < -0.39 is 34.2 Å². The molecule has 0 saturated heterocycles. The van der Waals surface area contributed by atoms with Crippen LogP contribution in [0.1, 0.15) is 29.0 Å². The number of rotatable bonds is 6. The fourth-order valence-electron chi connectivity index (χ4n) is 4.62. The van der Waals surface area contributed by atoms with Crippen LogP contribution in [0.2, 0.25) is 0 Å². The molecule has 2 aromatic carbocycles. The van der Waals surface area contributed by atoms with E-state index in [2.05, 4.69) is 16.0 Å². The molecule has 31 heavy (non-hydrogen) atoms. The maximum Gasteiger partial charge on any atom is 0.313 e. The van der Waals surface area contributed by atoms with Crippen molar-refractivity contribution in [3.8, 4) is 0 Å². The van der Waals surface area contributed by atoms with Crippen molar-refractivity contribution >= 4 is 27.0 Å². The van der Waals surface area contributed by atoms with E-state index in [1.807, 2.05) is 31.3 Å². The minimum atomic E-state index is -3.85. The van der Waals surface area contributed by atoms with Crippen LogP contribution in [-0.4, -0.2) is 38.9 Å². The van der Waals surface area contributed by atoms with E-state index in [1.54, 1.807) is 24.3 Å². The van der Waals surface area contributed by atoms with Gasteiger partial charge in [-0.05, 0) is 30.2 Å². The first-order chi connectivity index (χ1) is 14.8. The van der Waals surface area contributed by atoms with Gasteiger partial charge in [0.05, 0.1) is 19.4 Å². The van der Waals surface area contributed by atoms with E-state index >= 15 is 0 Å². The summed E-state index contributed by atoms with van der Waals surface area (Å²) < 4.78 is 37.1. The molecule has 3 unspecified atom stereocenters. The van der Waals surface area contributed by atoms with Crippen molar-refractivity contribution in [3.63, 3.8) is 0 Å². The SMILES string of the molecule is COC(=O)C(C1NCCc2c1n(C)c1ccccc21)C(OS(C)(=O)=O)c1ccccc1. The predicted octanol–water partition coefficient (Wildman–Crippen LogP) is 2.87. The zero-order chi connectivity index (χ0) is 22.2. The molecule has 0 spiro atoms. The molecule has 0 radical (unpaired) electrons. The van der Waals surface area contributed by atoms with E-state index in [-0.39, 0.29) is 0 Å². The first-order valence-electron chi connectivity index (χ1n) is 10.1. The van der Waals surface area contributed by atoms with Gasteiger partial charge in [-0.15, -0.1) is 0 Å². The van der Waals surface area contributed by atoms with Crippen molar-refractivity contribution in [2.75, 3.05) is 19.9 Å². The summed E-state index contributed by atoms with van der Waals surface area (Å²) in [5, 5.41) is 4.57. The molecular weight excluding hydrogens is 416 g/mol. The number of aromatic nitrogens is 1. The van der Waals surface area contributed by atoms with Crippen LogP contribution in [0.15, 0.2) is 54.6 Å². The van der Waals surface area contributed by atoms with Crippen molar-refractivity contribution in [1.82, 2.24) is 9.88 Å². The highest BCUT2D eigenvalue weighted by molar-refractivity contribution is 7.86. The standard InChI is InChI=1S/C23H26N2O5S/c1-25-18-12-8-7-11-16(18)17-13-14-24-20(21(17)25)19(23(26)29-2)22(30-31(3,27)28)15-9-5-4-6-10-15/h4-12,19-20,22,24H,13-14H2,1-3H3. The predicted molar refractivity (Wildman–Crippen MR) is 118 cm³/mol. The van der Waals surface area contributed by atoms with Crippen LogP contribution < -0.4 is 5.32 Å². The summed E-state index contributed by atoms with van der Waals surface area (Å²) in [5.74, 6) is -1.45. The third-order valence-corrected chi connectivity index (χ3v) is 6.42. The van der Waals surface area contributed by atoms with E-state index in [1.165, 1.54) is 7.11 Å². The molecule has 0 fully saturated rings. The molecule has 1 aliphatic heterocycles. The fraction of sp³-hybridized carbons (Fsp3) is 0.348. The summed E-state index contributed by atoms with van der Waals surface area (Å²) >= 11 is 0. The molecular formula is C23H26N2O5S. The van der Waals surface area contributed by atoms with E-state index in [0.29, 0.717) is 12.1 Å². The van der Waals surface area contributed by atoms with Gasteiger partial charge in [0.15, 0.2) is 0 Å². The van der Waals surface area contributed by atoms with Gasteiger partial charge < -0.3 is 14.6 Å². The number of esters is 1. The number of carbonyl (C=O) groups is 1. The van der Waals surface area contributed by atoms with Gasteiger partial charge in [-0.1, -0.05) is 48.5 Å². The molecule has 0 aliphatic carbocycles. The summed E-state index contributed by atoms with van der Waals surface area (Å²) in [6.07, 6.45) is 0.766. The van der Waals surface area contributed by atoms with Crippen LogP contribution >= 0.6 is 0 Å². The van der Waals surface area contributed by atoms with Gasteiger partial charge in [-0.3, -0.25) is 8.98 Å². The number of aryl methyl sites for hydroxylation is 1. The highest BCUT2D eigenvalue weighted by Gasteiger charge is 2.44. The second kappa shape index (κ2) is 8.45. The topological polar surface area (TPSA) is 86.6 Å². The maximum absolute atomic E-state index is 13.1. The van der Waals surface area contributed by atoms with Crippen LogP contribution in [0.5, 0.6) is 0 Å². The minimum absolute atomic E-state index is 0.486. The number of fused-ring (bicyclic) bond motifs is 3. The Bertz CT molecular complexity index is 1200. The van der Waals surface area contributed by atoms with Crippen LogP contribution in [0.3, 0.4) is 0 Å². The van der Waals surface area contributed by atoms with E-state index in [9.17, 15) is 13.2 Å². The van der Waals surface area contributed by atoms with E-state index in [0.717, 1.165) is 34.8 Å². The zero-order valence-electron chi connectivity index (χ0n) is 17.7. The zero-order valence-corrected chi connectivity index (χ0v) is 18.6. The number of benzene rings is 2. The summed E-state index contributed by atoms with van der Waals surface area (Å²) in [4.78, 5) is 13.1. The first kappa shape index (κ1) is 21.5. The van der Waals surface area contributed by atoms with Gasteiger partial charge in [0.25, 0.3) is 10.1 Å². The second-order valence-corrected chi connectivity index (χ2v) is 9.40. The summed E-state index contributed by atoms with van der Waals surface area (Å²) in [5.41, 5.74) is 3.75. The van der Waals surface area contributed by atoms with Crippen LogP contribution in [0.25, 0.3) is 10.9 Å². The third kappa shape index (κ3) is 4.11.